The lowest BCUT2D eigenvalue weighted by Gasteiger charge is -2.04. The highest BCUT2D eigenvalue weighted by Crippen LogP contribution is 2.17. The zero-order chi connectivity index (χ0) is 14.1. The summed E-state index contributed by atoms with van der Waals surface area (Å²) in [6.45, 7) is 0.131. The topological polar surface area (TPSA) is 76.9 Å². The molecule has 6 nitrogen and oxygen atoms in total. The predicted octanol–water partition coefficient (Wildman–Crippen LogP) is 1.36. The molecule has 3 rings (SSSR count). The first-order valence-corrected chi connectivity index (χ1v) is 7.41. The second-order valence-corrected chi connectivity index (χ2v) is 5.80. The van der Waals surface area contributed by atoms with Gasteiger partial charge in [0.15, 0.2) is 0 Å². The van der Waals surface area contributed by atoms with Gasteiger partial charge in [-0.25, -0.2) is 0 Å². The van der Waals surface area contributed by atoms with E-state index in [1.807, 2.05) is 6.07 Å². The molecule has 2 aromatic heterocycles. The molecule has 20 heavy (non-hydrogen) atoms. The number of nitrogens with one attached hydrogen (secondary N) is 1. The minimum absolute atomic E-state index is 0.131. The second-order valence-electron chi connectivity index (χ2n) is 4.05. The first-order valence-electron chi connectivity index (χ1n) is 5.82. The minimum atomic E-state index is -0.292. The van der Waals surface area contributed by atoms with Crippen LogP contribution in [0.2, 0.25) is 0 Å². The molecule has 0 bridgehead atoms. The first kappa shape index (κ1) is 12.9. The van der Waals surface area contributed by atoms with Gasteiger partial charge in [-0.2, -0.15) is 0 Å². The van der Waals surface area contributed by atoms with E-state index in [0.717, 1.165) is 16.3 Å². The van der Waals surface area contributed by atoms with Gasteiger partial charge in [-0.15, -0.1) is 5.10 Å². The Morgan fingerprint density at radius 2 is 2.10 bits per heavy atom. The van der Waals surface area contributed by atoms with E-state index < -0.39 is 0 Å². The minimum Gasteiger partial charge on any atom is -0.377 e. The maximum Gasteiger partial charge on any atom is 0.310 e. The van der Waals surface area contributed by atoms with Crippen LogP contribution in [0.3, 0.4) is 0 Å². The zero-order valence-corrected chi connectivity index (χ0v) is 12.1. The van der Waals surface area contributed by atoms with E-state index in [0.29, 0.717) is 15.8 Å². The van der Waals surface area contributed by atoms with Crippen LogP contribution in [0.15, 0.2) is 33.9 Å². The molecular weight excluding hydrogens is 296 g/mol. The van der Waals surface area contributed by atoms with Crippen LogP contribution < -0.4 is 15.7 Å². The Kier molecular flexibility index (Phi) is 3.33. The fourth-order valence-corrected chi connectivity index (χ4v) is 3.28. The molecule has 1 aromatic carbocycles. The van der Waals surface area contributed by atoms with Gasteiger partial charge in [0, 0.05) is 23.3 Å². The van der Waals surface area contributed by atoms with Gasteiger partial charge in [0.05, 0.1) is 11.9 Å². The van der Waals surface area contributed by atoms with Gasteiger partial charge in [-0.1, -0.05) is 28.0 Å². The largest absolute Gasteiger partial charge is 0.377 e. The van der Waals surface area contributed by atoms with Crippen molar-refractivity contribution in [3.8, 4) is 0 Å². The molecule has 0 radical (unpaired) electrons. The van der Waals surface area contributed by atoms with Gasteiger partial charge in [0.2, 0.25) is 0 Å². The first-order chi connectivity index (χ1) is 9.70. The van der Waals surface area contributed by atoms with Crippen LogP contribution in [-0.4, -0.2) is 21.2 Å². The van der Waals surface area contributed by atoms with E-state index in [1.165, 1.54) is 16.1 Å². The van der Waals surface area contributed by atoms with Crippen LogP contribution in [0.5, 0.6) is 0 Å². The average Bonchev–Trinajstić information content (AvgIpc) is 2.90. The number of fused-ring (bicyclic) bond motifs is 1. The van der Waals surface area contributed by atoms with Crippen molar-refractivity contribution < 1.29 is 0 Å². The average molecular weight is 306 g/mol. The van der Waals surface area contributed by atoms with Crippen LogP contribution in [0.1, 0.15) is 5.69 Å². The summed E-state index contributed by atoms with van der Waals surface area (Å²) < 4.78 is 5.72. The Balaban J connectivity index is 2.17. The van der Waals surface area contributed by atoms with Crippen molar-refractivity contribution in [3.05, 3.63) is 50.0 Å². The van der Waals surface area contributed by atoms with Crippen LogP contribution in [0, 0.1) is 0 Å². The summed E-state index contributed by atoms with van der Waals surface area (Å²) in [6, 6.07) is 7.10. The lowest BCUT2D eigenvalue weighted by Crippen LogP contribution is -2.31. The smallest absolute Gasteiger partial charge is 0.310 e. The highest BCUT2D eigenvalue weighted by Gasteiger charge is 2.12. The van der Waals surface area contributed by atoms with Crippen molar-refractivity contribution >= 4 is 38.0 Å². The molecule has 0 unspecified atom stereocenters. The number of rotatable bonds is 3. The summed E-state index contributed by atoms with van der Waals surface area (Å²) in [5.74, 6) is 0. The molecule has 0 aliphatic rings. The summed E-state index contributed by atoms with van der Waals surface area (Å²) in [5.41, 5.74) is 0.304. The molecule has 0 saturated heterocycles. The predicted molar refractivity (Wildman–Crippen MR) is 80.9 cm³/mol. The molecular formula is C12H10N4O2S2. The number of aromatic nitrogens is 3. The molecule has 0 aliphatic heterocycles. The zero-order valence-electron chi connectivity index (χ0n) is 10.5. The molecule has 0 spiro atoms. The number of anilines is 1. The molecule has 0 atom stereocenters. The van der Waals surface area contributed by atoms with E-state index in [4.69, 9.17) is 0 Å². The summed E-state index contributed by atoms with van der Waals surface area (Å²) in [6.07, 6.45) is 0. The number of benzene rings is 1. The second kappa shape index (κ2) is 5.14. The van der Waals surface area contributed by atoms with Gasteiger partial charge in [0.1, 0.15) is 10.7 Å². The van der Waals surface area contributed by atoms with Crippen LogP contribution in [0.4, 0.5) is 5.00 Å². The normalized spacial score (nSPS) is 10.8. The van der Waals surface area contributed by atoms with Crippen molar-refractivity contribution in [2.24, 2.45) is 0 Å². The summed E-state index contributed by atoms with van der Waals surface area (Å²) in [7, 11) is 1.75. The van der Waals surface area contributed by atoms with Crippen molar-refractivity contribution in [2.45, 2.75) is 6.54 Å². The Morgan fingerprint density at radius 3 is 2.90 bits per heavy atom. The SMILES string of the molecule is CNc1snnc1Cn1c(=O)sc2ccccc2c1=O. The standard InChI is InChI=1S/C12H10N4O2S2/c1-13-10-8(14-15-20-10)6-16-11(17)7-4-2-3-5-9(7)19-12(16)18/h2-5,13H,6H2,1H3. The van der Waals surface area contributed by atoms with Gasteiger partial charge in [0.25, 0.3) is 5.56 Å². The molecule has 8 heteroatoms. The number of hydrogen-bond donors (Lipinski definition) is 1. The number of nitrogens with zero attached hydrogens (tertiary/aromatic N) is 3. The maximum absolute atomic E-state index is 12.4. The Bertz CT molecular complexity index is 881. The van der Waals surface area contributed by atoms with E-state index in [-0.39, 0.29) is 17.0 Å². The molecule has 3 aromatic rings. The molecule has 0 fully saturated rings. The van der Waals surface area contributed by atoms with Crippen LogP contribution in [0.25, 0.3) is 10.1 Å². The van der Waals surface area contributed by atoms with E-state index >= 15 is 0 Å². The summed E-state index contributed by atoms with van der Waals surface area (Å²) in [4.78, 5) is 24.2. The summed E-state index contributed by atoms with van der Waals surface area (Å²) >= 11 is 2.26. The monoisotopic (exact) mass is 306 g/mol. The molecule has 2 heterocycles. The van der Waals surface area contributed by atoms with Crippen molar-refractivity contribution in [2.75, 3.05) is 12.4 Å². The van der Waals surface area contributed by atoms with Crippen molar-refractivity contribution in [1.29, 1.82) is 0 Å². The third kappa shape index (κ3) is 2.12. The van der Waals surface area contributed by atoms with Gasteiger partial charge < -0.3 is 5.32 Å². The summed E-state index contributed by atoms with van der Waals surface area (Å²) in [5, 5.41) is 8.21. The van der Waals surface area contributed by atoms with Gasteiger partial charge in [-0.3, -0.25) is 14.2 Å². The lowest BCUT2D eigenvalue weighted by molar-refractivity contribution is 0.730. The highest BCUT2D eigenvalue weighted by atomic mass is 32.1. The Morgan fingerprint density at radius 1 is 1.30 bits per heavy atom. The van der Waals surface area contributed by atoms with E-state index in [9.17, 15) is 9.59 Å². The van der Waals surface area contributed by atoms with E-state index in [2.05, 4.69) is 14.9 Å². The fraction of sp³-hybridized carbons (Fsp3) is 0.167. The molecule has 0 amide bonds. The van der Waals surface area contributed by atoms with Crippen molar-refractivity contribution in [3.63, 3.8) is 0 Å². The van der Waals surface area contributed by atoms with Crippen LogP contribution in [-0.2, 0) is 6.54 Å². The molecule has 1 N–H and O–H groups in total. The van der Waals surface area contributed by atoms with Crippen LogP contribution >= 0.6 is 22.9 Å². The van der Waals surface area contributed by atoms with Gasteiger partial charge in [-0.05, 0) is 12.1 Å². The Labute approximate surface area is 121 Å². The fourth-order valence-electron chi connectivity index (χ4n) is 1.90. The Hall–Kier alpha value is -2.06. The van der Waals surface area contributed by atoms with Crippen molar-refractivity contribution in [1.82, 2.24) is 14.2 Å². The third-order valence-corrected chi connectivity index (χ3v) is 4.63. The maximum atomic E-state index is 12.4. The molecule has 0 aliphatic carbocycles. The number of hydrogen-bond acceptors (Lipinski definition) is 7. The molecule has 0 saturated carbocycles. The lowest BCUT2D eigenvalue weighted by atomic mass is 10.3. The highest BCUT2D eigenvalue weighted by molar-refractivity contribution is 7.16. The van der Waals surface area contributed by atoms with E-state index in [1.54, 1.807) is 25.2 Å². The van der Waals surface area contributed by atoms with Gasteiger partial charge >= 0.3 is 4.87 Å². The quantitative estimate of drug-likeness (QED) is 0.791. The third-order valence-electron chi connectivity index (χ3n) is 2.87. The molecule has 102 valence electrons.